The molecular weight excluding hydrogens is 282 g/mol. The van der Waals surface area contributed by atoms with Crippen LogP contribution in [0.5, 0.6) is 0 Å². The number of likely N-dealkylation sites (tertiary alicyclic amines) is 1. The predicted molar refractivity (Wildman–Crippen MR) is 90.3 cm³/mol. The van der Waals surface area contributed by atoms with Crippen LogP contribution >= 0.6 is 11.3 Å². The number of likely N-dealkylation sites (N-methyl/N-ethyl adjacent to an activating group) is 1. The maximum atomic E-state index is 4.65. The van der Waals surface area contributed by atoms with Gasteiger partial charge in [-0.1, -0.05) is 6.92 Å². The average Bonchev–Trinajstić information content (AvgIpc) is 3.11. The smallest absolute Gasteiger partial charge is 0.226 e. The Kier molecular flexibility index (Phi) is 4.55. The molecule has 3 heterocycles. The molecule has 1 aliphatic heterocycles. The van der Waals surface area contributed by atoms with Gasteiger partial charge in [0.15, 0.2) is 0 Å². The summed E-state index contributed by atoms with van der Waals surface area (Å²) >= 11 is 1.67. The fraction of sp³-hybridized carbons (Fsp3) is 0.600. The highest BCUT2D eigenvalue weighted by Gasteiger charge is 2.21. The zero-order chi connectivity index (χ0) is 14.7. The molecule has 0 spiro atoms. The second-order valence-corrected chi connectivity index (χ2v) is 6.51. The van der Waals surface area contributed by atoms with Gasteiger partial charge in [-0.2, -0.15) is 4.98 Å². The second-order valence-electron chi connectivity index (χ2n) is 5.62. The van der Waals surface area contributed by atoms with Crippen LogP contribution in [0.15, 0.2) is 11.4 Å². The van der Waals surface area contributed by atoms with Crippen molar-refractivity contribution in [1.29, 1.82) is 0 Å². The number of aromatic nitrogens is 2. The molecule has 1 aliphatic rings. The Morgan fingerprint density at radius 1 is 1.38 bits per heavy atom. The number of nitrogens with zero attached hydrogens (tertiary/aromatic N) is 3. The Balaban J connectivity index is 1.77. The lowest BCUT2D eigenvalue weighted by molar-refractivity contribution is 0.322. The van der Waals surface area contributed by atoms with Crippen molar-refractivity contribution in [3.63, 3.8) is 0 Å². The van der Waals surface area contributed by atoms with E-state index in [2.05, 4.69) is 50.9 Å². The number of hydrogen-bond donors (Lipinski definition) is 2. The third-order valence-corrected chi connectivity index (χ3v) is 4.84. The highest BCUT2D eigenvalue weighted by Crippen LogP contribution is 2.27. The van der Waals surface area contributed by atoms with Crippen molar-refractivity contribution in [2.24, 2.45) is 0 Å². The zero-order valence-electron chi connectivity index (χ0n) is 12.7. The Labute approximate surface area is 129 Å². The van der Waals surface area contributed by atoms with Crippen molar-refractivity contribution in [3.05, 3.63) is 11.4 Å². The molecule has 2 aromatic rings. The lowest BCUT2D eigenvalue weighted by Crippen LogP contribution is -2.31. The Morgan fingerprint density at radius 3 is 3.05 bits per heavy atom. The maximum absolute atomic E-state index is 4.65. The first-order valence-electron chi connectivity index (χ1n) is 7.71. The number of nitrogens with one attached hydrogen (secondary N) is 2. The predicted octanol–water partition coefficient (Wildman–Crippen LogP) is 3.02. The number of fused-ring (bicyclic) bond motifs is 1. The van der Waals surface area contributed by atoms with Gasteiger partial charge in [0.25, 0.3) is 0 Å². The van der Waals surface area contributed by atoms with Crippen LogP contribution in [0.25, 0.3) is 10.2 Å². The minimum atomic E-state index is 0.612. The summed E-state index contributed by atoms with van der Waals surface area (Å²) in [7, 11) is 2.20. The standard InChI is InChI=1S/C15H23N5S/c1-3-7-16-15-18-13(12-6-9-21-14(12)19-15)17-10-11-5-4-8-20(11)2/h6,9,11H,3-5,7-8,10H2,1-2H3,(H2,16,17,18,19). The number of hydrogen-bond acceptors (Lipinski definition) is 6. The van der Waals surface area contributed by atoms with E-state index in [1.165, 1.54) is 19.4 Å². The zero-order valence-corrected chi connectivity index (χ0v) is 13.5. The summed E-state index contributed by atoms with van der Waals surface area (Å²) in [6.07, 6.45) is 3.63. The van der Waals surface area contributed by atoms with Crippen LogP contribution in [0.3, 0.4) is 0 Å². The topological polar surface area (TPSA) is 53.1 Å². The van der Waals surface area contributed by atoms with Gasteiger partial charge < -0.3 is 15.5 Å². The van der Waals surface area contributed by atoms with Gasteiger partial charge in [-0.05, 0) is 44.3 Å². The molecule has 0 aliphatic carbocycles. The van der Waals surface area contributed by atoms with Crippen LogP contribution in [0.4, 0.5) is 11.8 Å². The molecule has 1 unspecified atom stereocenters. The summed E-state index contributed by atoms with van der Waals surface area (Å²) in [4.78, 5) is 12.7. The molecule has 0 amide bonds. The minimum Gasteiger partial charge on any atom is -0.368 e. The summed E-state index contributed by atoms with van der Waals surface area (Å²) in [6, 6.07) is 2.71. The Morgan fingerprint density at radius 2 is 2.29 bits per heavy atom. The van der Waals surface area contributed by atoms with Gasteiger partial charge in [0, 0.05) is 19.1 Å². The van der Waals surface area contributed by atoms with E-state index in [4.69, 9.17) is 0 Å². The number of anilines is 2. The third-order valence-electron chi connectivity index (χ3n) is 4.03. The van der Waals surface area contributed by atoms with E-state index in [0.717, 1.165) is 41.5 Å². The molecular formula is C15H23N5S. The van der Waals surface area contributed by atoms with Gasteiger partial charge in [-0.15, -0.1) is 11.3 Å². The van der Waals surface area contributed by atoms with Gasteiger partial charge in [-0.25, -0.2) is 4.98 Å². The Bertz CT molecular complexity index is 597. The molecule has 21 heavy (non-hydrogen) atoms. The summed E-state index contributed by atoms with van der Waals surface area (Å²) in [5.41, 5.74) is 0. The molecule has 1 saturated heterocycles. The third kappa shape index (κ3) is 3.27. The summed E-state index contributed by atoms with van der Waals surface area (Å²) < 4.78 is 0. The molecule has 1 fully saturated rings. The monoisotopic (exact) mass is 305 g/mol. The minimum absolute atomic E-state index is 0.612. The lowest BCUT2D eigenvalue weighted by atomic mass is 10.2. The first kappa shape index (κ1) is 14.5. The van der Waals surface area contributed by atoms with E-state index in [9.17, 15) is 0 Å². The largest absolute Gasteiger partial charge is 0.368 e. The maximum Gasteiger partial charge on any atom is 0.226 e. The molecule has 0 aromatic carbocycles. The molecule has 0 radical (unpaired) electrons. The van der Waals surface area contributed by atoms with E-state index in [1.54, 1.807) is 11.3 Å². The van der Waals surface area contributed by atoms with Crippen molar-refractivity contribution in [3.8, 4) is 0 Å². The van der Waals surface area contributed by atoms with Gasteiger partial charge in [0.2, 0.25) is 5.95 Å². The molecule has 3 rings (SSSR count). The van der Waals surface area contributed by atoms with E-state index in [1.807, 2.05) is 0 Å². The van der Waals surface area contributed by atoms with Gasteiger partial charge in [0.1, 0.15) is 10.6 Å². The highest BCUT2D eigenvalue weighted by atomic mass is 32.1. The van der Waals surface area contributed by atoms with Gasteiger partial charge in [0.05, 0.1) is 5.39 Å². The van der Waals surface area contributed by atoms with Crippen LogP contribution in [0, 0.1) is 0 Å². The molecule has 5 nitrogen and oxygen atoms in total. The van der Waals surface area contributed by atoms with Crippen LogP contribution in [-0.4, -0.2) is 47.6 Å². The van der Waals surface area contributed by atoms with E-state index >= 15 is 0 Å². The van der Waals surface area contributed by atoms with E-state index in [0.29, 0.717) is 6.04 Å². The normalized spacial score (nSPS) is 19.2. The summed E-state index contributed by atoms with van der Waals surface area (Å²) in [5.74, 6) is 1.69. The van der Waals surface area contributed by atoms with Gasteiger partial charge in [-0.3, -0.25) is 0 Å². The number of thiophene rings is 1. The molecule has 0 saturated carbocycles. The van der Waals surface area contributed by atoms with Crippen LogP contribution < -0.4 is 10.6 Å². The second kappa shape index (κ2) is 6.58. The van der Waals surface area contributed by atoms with Crippen molar-refractivity contribution in [2.45, 2.75) is 32.2 Å². The summed E-state index contributed by atoms with van der Waals surface area (Å²) in [6.45, 7) is 5.20. The van der Waals surface area contributed by atoms with Crippen molar-refractivity contribution in [2.75, 3.05) is 37.3 Å². The first-order chi connectivity index (χ1) is 10.3. The molecule has 2 N–H and O–H groups in total. The molecule has 0 bridgehead atoms. The Hall–Kier alpha value is -1.40. The van der Waals surface area contributed by atoms with Crippen LogP contribution in [-0.2, 0) is 0 Å². The van der Waals surface area contributed by atoms with Crippen molar-refractivity contribution in [1.82, 2.24) is 14.9 Å². The quantitative estimate of drug-likeness (QED) is 0.859. The van der Waals surface area contributed by atoms with Crippen molar-refractivity contribution < 1.29 is 0 Å². The fourth-order valence-electron chi connectivity index (χ4n) is 2.76. The average molecular weight is 305 g/mol. The fourth-order valence-corrected chi connectivity index (χ4v) is 3.52. The highest BCUT2D eigenvalue weighted by molar-refractivity contribution is 7.16. The summed E-state index contributed by atoms with van der Waals surface area (Å²) in [5, 5.41) is 10.0. The molecule has 114 valence electrons. The molecule has 2 aromatic heterocycles. The molecule has 1 atom stereocenters. The van der Waals surface area contributed by atoms with Crippen LogP contribution in [0.1, 0.15) is 26.2 Å². The van der Waals surface area contributed by atoms with Crippen molar-refractivity contribution >= 4 is 33.3 Å². The van der Waals surface area contributed by atoms with E-state index < -0.39 is 0 Å². The lowest BCUT2D eigenvalue weighted by Gasteiger charge is -2.20. The SMILES string of the molecule is CCCNc1nc(NCC2CCCN2C)c2ccsc2n1. The number of rotatable bonds is 6. The van der Waals surface area contributed by atoms with E-state index in [-0.39, 0.29) is 0 Å². The first-order valence-corrected chi connectivity index (χ1v) is 8.59. The van der Waals surface area contributed by atoms with Crippen LogP contribution in [0.2, 0.25) is 0 Å². The molecule has 6 heteroatoms. The van der Waals surface area contributed by atoms with Gasteiger partial charge >= 0.3 is 0 Å².